The van der Waals surface area contributed by atoms with Crippen molar-refractivity contribution in [2.24, 2.45) is 0 Å². The van der Waals surface area contributed by atoms with Crippen LogP contribution in [0.2, 0.25) is 0 Å². The molecule has 1 aromatic heterocycles. The first-order valence-electron chi connectivity index (χ1n) is 6.59. The van der Waals surface area contributed by atoms with Crippen LogP contribution in [-0.4, -0.2) is 60.2 Å². The summed E-state index contributed by atoms with van der Waals surface area (Å²) in [5, 5.41) is 11.6. The average Bonchev–Trinajstić information content (AvgIpc) is 2.47. The lowest BCUT2D eigenvalue weighted by Crippen LogP contribution is -2.48. The van der Waals surface area contributed by atoms with Crippen LogP contribution < -0.4 is 10.2 Å². The molecule has 1 aliphatic rings. The molecule has 0 bridgehead atoms. The Morgan fingerprint density at radius 3 is 2.62 bits per heavy atom. The van der Waals surface area contributed by atoms with E-state index in [4.69, 9.17) is 5.11 Å². The van der Waals surface area contributed by atoms with Gasteiger partial charge in [0.2, 0.25) is 5.91 Å². The van der Waals surface area contributed by atoms with Crippen LogP contribution in [0.1, 0.15) is 5.56 Å². The number of carbonyl (C=O) groups is 2. The zero-order chi connectivity index (χ0) is 15.4. The molecule has 21 heavy (non-hydrogen) atoms. The monoisotopic (exact) mass is 356 g/mol. The van der Waals surface area contributed by atoms with Crippen molar-refractivity contribution in [3.05, 3.63) is 22.3 Å². The van der Waals surface area contributed by atoms with Crippen molar-refractivity contribution in [3.63, 3.8) is 0 Å². The van der Waals surface area contributed by atoms with E-state index in [2.05, 4.69) is 26.2 Å². The lowest BCUT2D eigenvalue weighted by Gasteiger charge is -2.34. The van der Waals surface area contributed by atoms with Crippen molar-refractivity contribution >= 4 is 33.7 Å². The number of carboxylic acid groups (broad SMARTS) is 1. The summed E-state index contributed by atoms with van der Waals surface area (Å²) in [5.41, 5.74) is 0.826. The number of amides is 2. The van der Waals surface area contributed by atoms with Crippen molar-refractivity contribution in [2.45, 2.75) is 6.42 Å². The largest absolute Gasteiger partial charge is 0.465 e. The first-order chi connectivity index (χ1) is 10.0. The lowest BCUT2D eigenvalue weighted by atomic mass is 10.1. The van der Waals surface area contributed by atoms with Crippen molar-refractivity contribution in [3.8, 4) is 0 Å². The van der Waals surface area contributed by atoms with Crippen molar-refractivity contribution in [1.29, 1.82) is 0 Å². The Bertz CT molecular complexity index is 544. The number of piperazine rings is 1. The number of hydrogen-bond acceptors (Lipinski definition) is 4. The van der Waals surface area contributed by atoms with Crippen LogP contribution in [0.3, 0.4) is 0 Å². The fourth-order valence-electron chi connectivity index (χ4n) is 2.26. The van der Waals surface area contributed by atoms with Crippen molar-refractivity contribution in [2.75, 3.05) is 38.1 Å². The van der Waals surface area contributed by atoms with E-state index in [1.165, 1.54) is 4.90 Å². The summed E-state index contributed by atoms with van der Waals surface area (Å²) in [4.78, 5) is 30.3. The van der Waals surface area contributed by atoms with Gasteiger partial charge in [-0.2, -0.15) is 0 Å². The Morgan fingerprint density at radius 2 is 2.05 bits per heavy atom. The smallest absolute Gasteiger partial charge is 0.407 e. The minimum Gasteiger partial charge on any atom is -0.465 e. The van der Waals surface area contributed by atoms with Crippen LogP contribution in [0, 0.1) is 0 Å². The number of pyridine rings is 1. The number of nitrogens with zero attached hydrogens (tertiary/aromatic N) is 3. The Kier molecular flexibility index (Phi) is 5.00. The second kappa shape index (κ2) is 6.75. The fraction of sp³-hybridized carbons (Fsp3) is 0.462. The summed E-state index contributed by atoms with van der Waals surface area (Å²) in [7, 11) is 1.60. The molecule has 0 atom stereocenters. The Balaban J connectivity index is 2.16. The van der Waals surface area contributed by atoms with Crippen LogP contribution in [-0.2, 0) is 11.2 Å². The summed E-state index contributed by atoms with van der Waals surface area (Å²) in [6.07, 6.45) is 1.04. The van der Waals surface area contributed by atoms with Crippen LogP contribution in [0.15, 0.2) is 16.7 Å². The first-order valence-corrected chi connectivity index (χ1v) is 7.38. The summed E-state index contributed by atoms with van der Waals surface area (Å²) in [5.74, 6) is 0.659. The van der Waals surface area contributed by atoms with E-state index >= 15 is 0 Å². The highest BCUT2D eigenvalue weighted by molar-refractivity contribution is 9.10. The number of anilines is 1. The van der Waals surface area contributed by atoms with E-state index in [0.717, 1.165) is 15.9 Å². The third-order valence-electron chi connectivity index (χ3n) is 3.39. The molecule has 2 heterocycles. The molecule has 0 aliphatic carbocycles. The zero-order valence-corrected chi connectivity index (χ0v) is 13.3. The van der Waals surface area contributed by atoms with Gasteiger partial charge in [0.05, 0.1) is 6.42 Å². The maximum absolute atomic E-state index is 11.6. The second-order valence-corrected chi connectivity index (χ2v) is 5.66. The molecule has 1 fully saturated rings. The second-order valence-electron chi connectivity index (χ2n) is 4.74. The van der Waals surface area contributed by atoms with E-state index in [9.17, 15) is 9.59 Å². The predicted molar refractivity (Wildman–Crippen MR) is 81.5 cm³/mol. The highest BCUT2D eigenvalue weighted by atomic mass is 79.9. The molecule has 1 aliphatic heterocycles. The molecule has 7 nitrogen and oxygen atoms in total. The topological polar surface area (TPSA) is 85.8 Å². The fourth-order valence-corrected chi connectivity index (χ4v) is 2.64. The van der Waals surface area contributed by atoms with Gasteiger partial charge < -0.3 is 20.2 Å². The van der Waals surface area contributed by atoms with Crippen LogP contribution >= 0.6 is 15.9 Å². The highest BCUT2D eigenvalue weighted by Crippen LogP contribution is 2.23. The maximum Gasteiger partial charge on any atom is 0.407 e. The van der Waals surface area contributed by atoms with Gasteiger partial charge in [0.25, 0.3) is 0 Å². The van der Waals surface area contributed by atoms with E-state index in [1.807, 2.05) is 11.0 Å². The van der Waals surface area contributed by atoms with Gasteiger partial charge in [-0.25, -0.2) is 9.78 Å². The van der Waals surface area contributed by atoms with E-state index < -0.39 is 6.09 Å². The third-order valence-corrected chi connectivity index (χ3v) is 3.82. The first kappa shape index (κ1) is 15.6. The van der Waals surface area contributed by atoms with Gasteiger partial charge in [-0.3, -0.25) is 4.79 Å². The normalized spacial score (nSPS) is 15.0. The molecular weight excluding hydrogens is 340 g/mol. The maximum atomic E-state index is 11.6. The van der Waals surface area contributed by atoms with Crippen LogP contribution in [0.4, 0.5) is 10.6 Å². The molecule has 2 rings (SSSR count). The summed E-state index contributed by atoms with van der Waals surface area (Å²) in [6.45, 7) is 2.02. The minimum atomic E-state index is -0.899. The molecule has 0 spiro atoms. The molecule has 0 aromatic carbocycles. The van der Waals surface area contributed by atoms with Crippen LogP contribution in [0.25, 0.3) is 0 Å². The van der Waals surface area contributed by atoms with Gasteiger partial charge in [-0.05, 0) is 22.0 Å². The number of carbonyl (C=O) groups excluding carboxylic acids is 1. The number of rotatable bonds is 3. The minimum absolute atomic E-state index is 0.0830. The molecule has 0 unspecified atom stereocenters. The van der Waals surface area contributed by atoms with Gasteiger partial charge >= 0.3 is 6.09 Å². The predicted octanol–water partition coefficient (Wildman–Crippen LogP) is 0.933. The quantitative estimate of drug-likeness (QED) is 0.841. The molecular formula is C13H17BrN4O3. The van der Waals surface area contributed by atoms with E-state index in [-0.39, 0.29) is 12.3 Å². The highest BCUT2D eigenvalue weighted by Gasteiger charge is 2.23. The van der Waals surface area contributed by atoms with Gasteiger partial charge in [0, 0.05) is 49.5 Å². The van der Waals surface area contributed by atoms with Gasteiger partial charge in [0.15, 0.2) is 0 Å². The number of hydrogen-bond donors (Lipinski definition) is 2. The summed E-state index contributed by atoms with van der Waals surface area (Å²) < 4.78 is 0.814. The van der Waals surface area contributed by atoms with Crippen molar-refractivity contribution < 1.29 is 14.7 Å². The summed E-state index contributed by atoms with van der Waals surface area (Å²) >= 11 is 3.36. The Hall–Kier alpha value is -1.83. The van der Waals surface area contributed by atoms with Gasteiger partial charge in [-0.15, -0.1) is 0 Å². The van der Waals surface area contributed by atoms with Crippen molar-refractivity contribution in [1.82, 2.24) is 15.2 Å². The number of nitrogens with one attached hydrogen (secondary N) is 1. The standard InChI is InChI=1S/C13H17BrN4O3/c1-15-11(19)7-9-6-10(14)8-16-12(9)17-2-4-18(5-3-17)13(20)21/h6,8H,2-5,7H2,1H3,(H,15,19)(H,20,21). The zero-order valence-electron chi connectivity index (χ0n) is 11.7. The molecule has 1 saturated heterocycles. The molecule has 2 N–H and O–H groups in total. The number of likely N-dealkylation sites (N-methyl/N-ethyl adjacent to an activating group) is 1. The number of aromatic nitrogens is 1. The molecule has 0 radical (unpaired) electrons. The van der Waals surface area contributed by atoms with Gasteiger partial charge in [0.1, 0.15) is 5.82 Å². The average molecular weight is 357 g/mol. The molecule has 0 saturated carbocycles. The molecule has 114 valence electrons. The Labute approximate surface area is 131 Å². The molecule has 8 heteroatoms. The lowest BCUT2D eigenvalue weighted by molar-refractivity contribution is -0.119. The van der Waals surface area contributed by atoms with E-state index in [0.29, 0.717) is 26.2 Å². The SMILES string of the molecule is CNC(=O)Cc1cc(Br)cnc1N1CCN(C(=O)O)CC1. The number of halogens is 1. The molecule has 2 amide bonds. The van der Waals surface area contributed by atoms with Gasteiger partial charge in [-0.1, -0.05) is 0 Å². The van der Waals surface area contributed by atoms with Crippen LogP contribution in [0.5, 0.6) is 0 Å². The third kappa shape index (κ3) is 3.84. The Morgan fingerprint density at radius 1 is 1.38 bits per heavy atom. The summed E-state index contributed by atoms with van der Waals surface area (Å²) in [6, 6.07) is 1.88. The van der Waals surface area contributed by atoms with E-state index in [1.54, 1.807) is 13.2 Å². The molecule has 1 aromatic rings.